The molecule has 3 nitrogen and oxygen atoms in total. The summed E-state index contributed by atoms with van der Waals surface area (Å²) < 4.78 is 11.4. The number of benzene rings is 1. The first-order chi connectivity index (χ1) is 9.97. The fraction of sp³-hybridized carbons (Fsp3) is 0.438. The van der Waals surface area contributed by atoms with E-state index in [1.165, 1.54) is 6.92 Å². The van der Waals surface area contributed by atoms with Crippen LogP contribution in [0.15, 0.2) is 22.7 Å². The maximum Gasteiger partial charge on any atom is 0.167 e. The van der Waals surface area contributed by atoms with Gasteiger partial charge in [-0.25, -0.2) is 0 Å². The van der Waals surface area contributed by atoms with E-state index in [2.05, 4.69) is 0 Å². The SMILES string of the molecule is CCc1cc(OCC=C(Cl)Cl)cc(CC)c1OCC(C)=O. The monoisotopic (exact) mass is 330 g/mol. The van der Waals surface area contributed by atoms with Crippen LogP contribution in [0.25, 0.3) is 0 Å². The molecule has 0 aliphatic rings. The first-order valence-electron chi connectivity index (χ1n) is 6.89. The second-order valence-electron chi connectivity index (χ2n) is 4.57. The van der Waals surface area contributed by atoms with Gasteiger partial charge in [0.15, 0.2) is 5.78 Å². The molecule has 0 bridgehead atoms. The number of Topliss-reactive ketones (excluding diaryl/α,β-unsaturated/α-hetero) is 1. The van der Waals surface area contributed by atoms with Crippen molar-refractivity contribution < 1.29 is 14.3 Å². The Kier molecular flexibility index (Phi) is 7.62. The quantitative estimate of drug-likeness (QED) is 0.705. The molecule has 0 aliphatic heterocycles. The van der Waals surface area contributed by atoms with Crippen molar-refractivity contribution in [1.82, 2.24) is 0 Å². The lowest BCUT2D eigenvalue weighted by Crippen LogP contribution is -2.10. The predicted molar refractivity (Wildman–Crippen MR) is 86.7 cm³/mol. The number of aryl methyl sites for hydroxylation is 2. The molecule has 0 fully saturated rings. The summed E-state index contributed by atoms with van der Waals surface area (Å²) in [5.41, 5.74) is 2.04. The summed E-state index contributed by atoms with van der Waals surface area (Å²) >= 11 is 11.1. The van der Waals surface area contributed by atoms with Crippen LogP contribution in [0.3, 0.4) is 0 Å². The van der Waals surface area contributed by atoms with E-state index in [0.29, 0.717) is 6.61 Å². The second-order valence-corrected chi connectivity index (χ2v) is 5.58. The van der Waals surface area contributed by atoms with Crippen LogP contribution in [-0.2, 0) is 17.6 Å². The van der Waals surface area contributed by atoms with Crippen molar-refractivity contribution in [3.8, 4) is 11.5 Å². The fourth-order valence-electron chi connectivity index (χ4n) is 1.89. The molecule has 5 heteroatoms. The molecule has 0 unspecified atom stereocenters. The summed E-state index contributed by atoms with van der Waals surface area (Å²) in [7, 11) is 0. The highest BCUT2D eigenvalue weighted by Gasteiger charge is 2.12. The van der Waals surface area contributed by atoms with Crippen molar-refractivity contribution in [1.29, 1.82) is 0 Å². The van der Waals surface area contributed by atoms with Gasteiger partial charge < -0.3 is 9.47 Å². The van der Waals surface area contributed by atoms with Crippen molar-refractivity contribution in [3.05, 3.63) is 33.8 Å². The van der Waals surface area contributed by atoms with E-state index in [9.17, 15) is 4.79 Å². The third kappa shape index (κ3) is 5.98. The number of hydrogen-bond acceptors (Lipinski definition) is 3. The average molecular weight is 331 g/mol. The minimum atomic E-state index is 0.00123. The summed E-state index contributed by atoms with van der Waals surface area (Å²) in [6, 6.07) is 3.84. The second kappa shape index (κ2) is 8.96. The van der Waals surface area contributed by atoms with E-state index < -0.39 is 0 Å². The van der Waals surface area contributed by atoms with E-state index in [1.807, 2.05) is 26.0 Å². The smallest absolute Gasteiger partial charge is 0.167 e. The summed E-state index contributed by atoms with van der Waals surface area (Å²) in [6.07, 6.45) is 3.17. The number of ether oxygens (including phenoxy) is 2. The summed E-state index contributed by atoms with van der Waals surface area (Å²) in [5.74, 6) is 1.53. The van der Waals surface area contributed by atoms with Crippen LogP contribution in [0.5, 0.6) is 11.5 Å². The van der Waals surface area contributed by atoms with Gasteiger partial charge in [0.25, 0.3) is 0 Å². The Labute approximate surface area is 135 Å². The summed E-state index contributed by atoms with van der Waals surface area (Å²) in [6.45, 7) is 5.98. The van der Waals surface area contributed by atoms with Crippen LogP contribution in [0, 0.1) is 0 Å². The number of hydrogen-bond donors (Lipinski definition) is 0. The minimum Gasteiger partial charge on any atom is -0.489 e. The van der Waals surface area contributed by atoms with Gasteiger partial charge in [-0.2, -0.15) is 0 Å². The minimum absolute atomic E-state index is 0.00123. The molecule has 0 spiro atoms. The van der Waals surface area contributed by atoms with E-state index in [-0.39, 0.29) is 16.9 Å². The van der Waals surface area contributed by atoms with Gasteiger partial charge >= 0.3 is 0 Å². The number of carbonyl (C=O) groups is 1. The van der Waals surface area contributed by atoms with Crippen LogP contribution in [0.2, 0.25) is 0 Å². The van der Waals surface area contributed by atoms with E-state index >= 15 is 0 Å². The van der Waals surface area contributed by atoms with Gasteiger partial charge in [0.1, 0.15) is 29.2 Å². The highest BCUT2D eigenvalue weighted by molar-refractivity contribution is 6.55. The Morgan fingerprint density at radius 1 is 1.14 bits per heavy atom. The summed E-state index contributed by atoms with van der Waals surface area (Å²) in [4.78, 5) is 11.1. The normalized spacial score (nSPS) is 10.1. The zero-order valence-corrected chi connectivity index (χ0v) is 14.1. The average Bonchev–Trinajstić information content (AvgIpc) is 2.44. The fourth-order valence-corrected chi connectivity index (χ4v) is 2.02. The van der Waals surface area contributed by atoms with Gasteiger partial charge in [-0.3, -0.25) is 4.79 Å². The molecule has 0 aromatic heterocycles. The Hall–Kier alpha value is -1.19. The Balaban J connectivity index is 2.99. The molecule has 1 aromatic rings. The van der Waals surface area contributed by atoms with Crippen LogP contribution in [0.1, 0.15) is 31.9 Å². The first-order valence-corrected chi connectivity index (χ1v) is 7.65. The number of ketones is 1. The molecule has 0 aliphatic carbocycles. The number of halogens is 2. The third-order valence-electron chi connectivity index (χ3n) is 2.89. The standard InChI is InChI=1S/C16H20Cl2O3/c1-4-12-8-14(20-7-6-15(17)18)9-13(5-2)16(12)21-10-11(3)19/h6,8-9H,4-5,7,10H2,1-3H3. The van der Waals surface area contributed by atoms with Crippen molar-refractivity contribution in [3.63, 3.8) is 0 Å². The zero-order chi connectivity index (χ0) is 15.8. The third-order valence-corrected chi connectivity index (χ3v) is 3.19. The molecule has 0 heterocycles. The topological polar surface area (TPSA) is 35.5 Å². The molecule has 1 aromatic carbocycles. The molecule has 0 saturated heterocycles. The zero-order valence-electron chi connectivity index (χ0n) is 12.5. The van der Waals surface area contributed by atoms with Crippen LogP contribution in [-0.4, -0.2) is 19.0 Å². The van der Waals surface area contributed by atoms with Gasteiger partial charge in [0, 0.05) is 0 Å². The van der Waals surface area contributed by atoms with Crippen LogP contribution in [0.4, 0.5) is 0 Å². The van der Waals surface area contributed by atoms with E-state index in [1.54, 1.807) is 6.08 Å². The molecule has 0 amide bonds. The predicted octanol–water partition coefficient (Wildman–Crippen LogP) is 4.48. The van der Waals surface area contributed by atoms with Crippen molar-refractivity contribution in [2.75, 3.05) is 13.2 Å². The Morgan fingerprint density at radius 3 is 2.14 bits per heavy atom. The lowest BCUT2D eigenvalue weighted by Gasteiger charge is -2.16. The van der Waals surface area contributed by atoms with Gasteiger partial charge in [-0.1, -0.05) is 37.0 Å². The molecule has 1 rings (SSSR count). The van der Waals surface area contributed by atoms with Crippen LogP contribution < -0.4 is 9.47 Å². The molecule has 0 atom stereocenters. The van der Waals surface area contributed by atoms with Crippen molar-refractivity contribution >= 4 is 29.0 Å². The summed E-state index contributed by atoms with van der Waals surface area (Å²) in [5, 5.41) is 0. The largest absolute Gasteiger partial charge is 0.489 e. The molecule has 0 radical (unpaired) electrons. The van der Waals surface area contributed by atoms with E-state index in [4.69, 9.17) is 32.7 Å². The van der Waals surface area contributed by atoms with Gasteiger partial charge in [-0.15, -0.1) is 0 Å². The molecular formula is C16H20Cl2O3. The Morgan fingerprint density at radius 2 is 1.71 bits per heavy atom. The van der Waals surface area contributed by atoms with Gasteiger partial charge in [0.2, 0.25) is 0 Å². The van der Waals surface area contributed by atoms with Gasteiger partial charge in [-0.05, 0) is 49.1 Å². The van der Waals surface area contributed by atoms with Crippen LogP contribution >= 0.6 is 23.2 Å². The Bertz CT molecular complexity index is 495. The lowest BCUT2D eigenvalue weighted by molar-refractivity contribution is -0.118. The first kappa shape index (κ1) is 17.9. The highest BCUT2D eigenvalue weighted by atomic mass is 35.5. The maximum atomic E-state index is 11.1. The number of carbonyl (C=O) groups excluding carboxylic acids is 1. The van der Waals surface area contributed by atoms with Gasteiger partial charge in [0.05, 0.1) is 0 Å². The van der Waals surface area contributed by atoms with Crippen molar-refractivity contribution in [2.45, 2.75) is 33.6 Å². The number of rotatable bonds is 8. The van der Waals surface area contributed by atoms with E-state index in [0.717, 1.165) is 35.5 Å². The molecule has 0 N–H and O–H groups in total. The molecule has 21 heavy (non-hydrogen) atoms. The highest BCUT2D eigenvalue weighted by Crippen LogP contribution is 2.31. The molecular weight excluding hydrogens is 311 g/mol. The molecule has 0 saturated carbocycles. The molecule has 116 valence electrons. The van der Waals surface area contributed by atoms with Crippen molar-refractivity contribution in [2.24, 2.45) is 0 Å². The maximum absolute atomic E-state index is 11.1. The lowest BCUT2D eigenvalue weighted by atomic mass is 10.0.